The van der Waals surface area contributed by atoms with Crippen LogP contribution in [0.5, 0.6) is 28.7 Å². The Balaban J connectivity index is 1.76. The molecule has 1 fully saturated rings. The minimum absolute atomic E-state index is 0.108. The molecule has 1 aliphatic rings. The highest BCUT2D eigenvalue weighted by molar-refractivity contribution is 5.54. The molecule has 7 unspecified atom stereocenters. The highest BCUT2D eigenvalue weighted by atomic mass is 16.7. The molecule has 37 heavy (non-hydrogen) atoms. The van der Waals surface area contributed by atoms with Crippen molar-refractivity contribution in [2.24, 2.45) is 11.8 Å². The summed E-state index contributed by atoms with van der Waals surface area (Å²) in [5.74, 6) is 1.97. The van der Waals surface area contributed by atoms with Crippen molar-refractivity contribution in [1.29, 1.82) is 0 Å². The van der Waals surface area contributed by atoms with E-state index >= 15 is 0 Å². The maximum Gasteiger partial charge on any atom is 0.229 e. The summed E-state index contributed by atoms with van der Waals surface area (Å²) >= 11 is 0. The van der Waals surface area contributed by atoms with E-state index in [-0.39, 0.29) is 17.4 Å². The Hall–Kier alpha value is -2.76. The molecule has 2 aromatic rings. The SMILES string of the molecule is COc1cc(CC(C)C(C)Cc2cc(OC)c(OC3OC(CO)C(O)C(O)C3O)c(OC)c2)ccc1O. The van der Waals surface area contributed by atoms with Gasteiger partial charge in [0.25, 0.3) is 0 Å². The highest BCUT2D eigenvalue weighted by Gasteiger charge is 2.45. The molecular formula is C27H38O10. The van der Waals surface area contributed by atoms with Crippen LogP contribution in [-0.2, 0) is 17.6 Å². The number of methoxy groups -OCH3 is 3. The van der Waals surface area contributed by atoms with Gasteiger partial charge in [-0.15, -0.1) is 0 Å². The summed E-state index contributed by atoms with van der Waals surface area (Å²) < 4.78 is 27.6. The van der Waals surface area contributed by atoms with Crippen molar-refractivity contribution in [3.05, 3.63) is 41.5 Å². The van der Waals surface area contributed by atoms with Crippen molar-refractivity contribution in [1.82, 2.24) is 0 Å². The fourth-order valence-electron chi connectivity index (χ4n) is 4.44. The summed E-state index contributed by atoms with van der Waals surface area (Å²) in [6.45, 7) is 3.75. The second kappa shape index (κ2) is 12.7. The largest absolute Gasteiger partial charge is 0.504 e. The number of aliphatic hydroxyl groups excluding tert-OH is 4. The molecule has 7 atom stereocenters. The van der Waals surface area contributed by atoms with E-state index in [2.05, 4.69) is 13.8 Å². The summed E-state index contributed by atoms with van der Waals surface area (Å²) in [6.07, 6.45) is -5.58. The molecule has 5 N–H and O–H groups in total. The van der Waals surface area contributed by atoms with Crippen molar-refractivity contribution in [2.45, 2.75) is 57.4 Å². The molecule has 0 amide bonds. The minimum Gasteiger partial charge on any atom is -0.504 e. The fourth-order valence-corrected chi connectivity index (χ4v) is 4.44. The third-order valence-corrected chi connectivity index (χ3v) is 6.93. The van der Waals surface area contributed by atoms with Crippen molar-refractivity contribution >= 4 is 0 Å². The number of rotatable bonds is 11. The molecule has 0 aliphatic carbocycles. The number of phenolic OH excluding ortho intramolecular Hbond substituents is 1. The molecule has 0 radical (unpaired) electrons. The van der Waals surface area contributed by atoms with Crippen LogP contribution in [0.15, 0.2) is 30.3 Å². The normalized spacial score (nSPS) is 25.3. The Morgan fingerprint density at radius 2 is 1.32 bits per heavy atom. The number of hydrogen-bond acceptors (Lipinski definition) is 10. The van der Waals surface area contributed by atoms with E-state index in [1.54, 1.807) is 6.07 Å². The summed E-state index contributed by atoms with van der Waals surface area (Å²) in [5, 5.41) is 49.8. The van der Waals surface area contributed by atoms with Crippen LogP contribution in [0.2, 0.25) is 0 Å². The first-order valence-corrected chi connectivity index (χ1v) is 12.2. The van der Waals surface area contributed by atoms with Crippen LogP contribution < -0.4 is 18.9 Å². The first kappa shape index (κ1) is 28.8. The molecule has 10 nitrogen and oxygen atoms in total. The number of aromatic hydroxyl groups is 1. The lowest BCUT2D eigenvalue weighted by atomic mass is 9.85. The average molecular weight is 523 g/mol. The number of hydrogen-bond donors (Lipinski definition) is 5. The van der Waals surface area contributed by atoms with Gasteiger partial charge in [0.2, 0.25) is 12.0 Å². The van der Waals surface area contributed by atoms with Gasteiger partial charge in [-0.1, -0.05) is 19.9 Å². The van der Waals surface area contributed by atoms with E-state index in [1.165, 1.54) is 21.3 Å². The van der Waals surface area contributed by atoms with Gasteiger partial charge in [0.05, 0.1) is 27.9 Å². The summed E-state index contributed by atoms with van der Waals surface area (Å²) in [5.41, 5.74) is 2.00. The van der Waals surface area contributed by atoms with Gasteiger partial charge in [-0.25, -0.2) is 0 Å². The predicted molar refractivity (Wildman–Crippen MR) is 134 cm³/mol. The molecule has 0 aromatic heterocycles. The molecule has 0 saturated carbocycles. The quantitative estimate of drug-likeness (QED) is 0.295. The van der Waals surface area contributed by atoms with Crippen LogP contribution in [0.25, 0.3) is 0 Å². The predicted octanol–water partition coefficient (Wildman–Crippen LogP) is 1.65. The van der Waals surface area contributed by atoms with Gasteiger partial charge in [-0.2, -0.15) is 0 Å². The van der Waals surface area contributed by atoms with E-state index in [4.69, 9.17) is 23.7 Å². The second-order valence-corrected chi connectivity index (χ2v) is 9.51. The van der Waals surface area contributed by atoms with Crippen LogP contribution in [0.4, 0.5) is 0 Å². The Morgan fingerprint density at radius 3 is 1.86 bits per heavy atom. The minimum atomic E-state index is -1.57. The van der Waals surface area contributed by atoms with Crippen molar-refractivity contribution in [3.8, 4) is 28.7 Å². The van der Waals surface area contributed by atoms with Gasteiger partial charge < -0.3 is 49.2 Å². The standard InChI is InChI=1S/C27H38O10/c1-14(8-16-6-7-18(29)19(10-16)33-3)15(2)9-17-11-20(34-4)26(21(12-17)35-5)37-27-25(32)24(31)23(30)22(13-28)36-27/h6-7,10-12,14-15,22-25,27-32H,8-9,13H2,1-5H3. The summed E-state index contributed by atoms with van der Waals surface area (Å²) in [4.78, 5) is 0. The van der Waals surface area contributed by atoms with Crippen molar-refractivity contribution in [3.63, 3.8) is 0 Å². The molecule has 0 bridgehead atoms. The number of ether oxygens (including phenoxy) is 5. The van der Waals surface area contributed by atoms with Crippen molar-refractivity contribution in [2.75, 3.05) is 27.9 Å². The van der Waals surface area contributed by atoms with Crippen LogP contribution in [0.3, 0.4) is 0 Å². The summed E-state index contributed by atoms with van der Waals surface area (Å²) in [7, 11) is 4.47. The van der Waals surface area contributed by atoms with Crippen LogP contribution in [-0.4, -0.2) is 84.2 Å². The third kappa shape index (κ3) is 6.58. The second-order valence-electron chi connectivity index (χ2n) is 9.51. The van der Waals surface area contributed by atoms with Gasteiger partial charge >= 0.3 is 0 Å². The van der Waals surface area contributed by atoms with E-state index in [0.717, 1.165) is 17.5 Å². The number of aliphatic hydroxyl groups is 4. The van der Waals surface area contributed by atoms with E-state index < -0.39 is 37.3 Å². The van der Waals surface area contributed by atoms with E-state index in [0.29, 0.717) is 29.6 Å². The first-order valence-electron chi connectivity index (χ1n) is 12.2. The van der Waals surface area contributed by atoms with E-state index in [1.807, 2.05) is 24.3 Å². The van der Waals surface area contributed by atoms with Gasteiger partial charge in [-0.05, 0) is 60.1 Å². The lowest BCUT2D eigenvalue weighted by Crippen LogP contribution is -2.60. The van der Waals surface area contributed by atoms with Crippen LogP contribution >= 0.6 is 0 Å². The lowest BCUT2D eigenvalue weighted by Gasteiger charge is -2.39. The Bertz CT molecular complexity index is 1000. The molecular weight excluding hydrogens is 484 g/mol. The summed E-state index contributed by atoms with van der Waals surface area (Å²) in [6, 6.07) is 8.99. The Morgan fingerprint density at radius 1 is 0.784 bits per heavy atom. The number of benzene rings is 2. The lowest BCUT2D eigenvalue weighted by molar-refractivity contribution is -0.277. The smallest absolute Gasteiger partial charge is 0.229 e. The average Bonchev–Trinajstić information content (AvgIpc) is 2.90. The molecule has 10 heteroatoms. The zero-order chi connectivity index (χ0) is 27.3. The molecule has 1 heterocycles. The number of phenols is 1. The Kier molecular flexibility index (Phi) is 9.86. The van der Waals surface area contributed by atoms with Gasteiger partial charge in [0, 0.05) is 0 Å². The monoisotopic (exact) mass is 522 g/mol. The van der Waals surface area contributed by atoms with Gasteiger partial charge in [0.1, 0.15) is 24.4 Å². The maximum absolute atomic E-state index is 10.4. The highest BCUT2D eigenvalue weighted by Crippen LogP contribution is 2.41. The third-order valence-electron chi connectivity index (χ3n) is 6.93. The zero-order valence-electron chi connectivity index (χ0n) is 21.8. The van der Waals surface area contributed by atoms with E-state index in [9.17, 15) is 25.5 Å². The topological polar surface area (TPSA) is 147 Å². The van der Waals surface area contributed by atoms with Crippen LogP contribution in [0, 0.1) is 11.8 Å². The van der Waals surface area contributed by atoms with Gasteiger partial charge in [-0.3, -0.25) is 0 Å². The molecule has 206 valence electrons. The Labute approximate surface area is 216 Å². The van der Waals surface area contributed by atoms with Crippen molar-refractivity contribution < 1.29 is 49.2 Å². The fraction of sp³-hybridized carbons (Fsp3) is 0.556. The molecule has 1 saturated heterocycles. The molecule has 2 aromatic carbocycles. The maximum atomic E-state index is 10.4. The van der Waals surface area contributed by atoms with Crippen LogP contribution in [0.1, 0.15) is 25.0 Å². The molecule has 0 spiro atoms. The molecule has 1 aliphatic heterocycles. The van der Waals surface area contributed by atoms with Gasteiger partial charge in [0.15, 0.2) is 23.0 Å². The first-order chi connectivity index (χ1) is 17.6. The molecule has 3 rings (SSSR count). The zero-order valence-corrected chi connectivity index (χ0v) is 21.8.